The number of aliphatic hydroxyl groups excluding tert-OH is 1. The summed E-state index contributed by atoms with van der Waals surface area (Å²) in [6.07, 6.45) is -0.112. The van der Waals surface area contributed by atoms with Crippen LogP contribution >= 0.6 is 11.3 Å². The van der Waals surface area contributed by atoms with Crippen LogP contribution in [0.4, 0.5) is 10.8 Å². The van der Waals surface area contributed by atoms with E-state index < -0.39 is 28.3 Å². The van der Waals surface area contributed by atoms with E-state index in [0.29, 0.717) is 5.52 Å². The summed E-state index contributed by atoms with van der Waals surface area (Å²) in [4.78, 5) is 21.3. The van der Waals surface area contributed by atoms with Crippen molar-refractivity contribution in [2.45, 2.75) is 43.9 Å². The van der Waals surface area contributed by atoms with Gasteiger partial charge in [0.25, 0.3) is 6.01 Å². The number of nitrogens with two attached hydrogens (primary N) is 1. The monoisotopic (exact) mass is 573 g/mol. The first-order valence-electron chi connectivity index (χ1n) is 12.3. The highest BCUT2D eigenvalue weighted by Crippen LogP contribution is 2.25. The van der Waals surface area contributed by atoms with Gasteiger partial charge in [0, 0.05) is 25.4 Å². The maximum atomic E-state index is 13.7. The van der Waals surface area contributed by atoms with Crippen molar-refractivity contribution in [3.63, 3.8) is 0 Å². The average Bonchev–Trinajstić information content (AvgIpc) is 3.55. The van der Waals surface area contributed by atoms with Crippen LogP contribution < -0.4 is 11.1 Å². The Labute approximate surface area is 230 Å². The molecule has 4 rings (SSSR count). The van der Waals surface area contributed by atoms with Gasteiger partial charge < -0.3 is 25.3 Å². The van der Waals surface area contributed by atoms with Gasteiger partial charge in [0.05, 0.1) is 27.4 Å². The van der Waals surface area contributed by atoms with Gasteiger partial charge in [-0.25, -0.2) is 13.2 Å². The number of anilines is 1. The number of carbonyl (C=O) groups is 1. The Balaban J connectivity index is 1.55. The molecule has 1 amide bonds. The highest BCUT2D eigenvalue weighted by atomic mass is 32.2. The highest BCUT2D eigenvalue weighted by Gasteiger charge is 2.32. The van der Waals surface area contributed by atoms with Crippen molar-refractivity contribution in [3.05, 3.63) is 70.7 Å². The largest absolute Gasteiger partial charge is 0.444 e. The first kappa shape index (κ1) is 28.5. The van der Waals surface area contributed by atoms with E-state index in [0.717, 1.165) is 10.4 Å². The molecule has 208 valence electrons. The lowest BCUT2D eigenvalue weighted by Gasteiger charge is -2.30. The molecule has 0 saturated heterocycles. The molecule has 4 N–H and O–H groups in total. The number of alkyl carbamates (subject to hydrolysis) is 1. The smallest absolute Gasteiger partial charge is 0.407 e. The third-order valence-corrected chi connectivity index (χ3v) is 8.45. The zero-order chi connectivity index (χ0) is 28.0. The minimum Gasteiger partial charge on any atom is -0.444 e. The Morgan fingerprint density at radius 1 is 1.21 bits per heavy atom. The van der Waals surface area contributed by atoms with Crippen LogP contribution in [-0.2, 0) is 27.8 Å². The number of nitrogen functional groups attached to an aromatic ring is 1. The molecule has 4 aromatic rings. The van der Waals surface area contributed by atoms with Crippen molar-refractivity contribution in [2.24, 2.45) is 5.92 Å². The van der Waals surface area contributed by atoms with E-state index in [1.165, 1.54) is 33.8 Å². The summed E-state index contributed by atoms with van der Waals surface area (Å²) in [5, 5.41) is 14.0. The molecule has 0 aliphatic carbocycles. The minimum atomic E-state index is -4.05. The van der Waals surface area contributed by atoms with Gasteiger partial charge in [-0.2, -0.15) is 9.29 Å². The molecule has 0 aliphatic rings. The summed E-state index contributed by atoms with van der Waals surface area (Å²) in [6, 6.07) is 12.7. The number of rotatable bonds is 12. The summed E-state index contributed by atoms with van der Waals surface area (Å²) in [5.74, 6) is -0.0402. The third kappa shape index (κ3) is 7.53. The standard InChI is InChI=1S/C26H31N5O6S2/c1-17(2)13-31(39(34,35)20-8-9-21-24(11-20)37-25(27)29-21)14-23(32)22(10-18-6-4-3-5-7-18)30-26(33)36-15-19-12-28-16-38-19/h3-9,11-12,16-17,22-23,32H,10,13-15H2,1-2H3,(H2,27,29)(H,30,33)/t22-,23+/m0/s1. The fourth-order valence-electron chi connectivity index (χ4n) is 4.04. The van der Waals surface area contributed by atoms with E-state index in [1.807, 2.05) is 44.2 Å². The molecule has 2 aromatic heterocycles. The fourth-order valence-corrected chi connectivity index (χ4v) is 6.18. The normalized spacial score (nSPS) is 13.6. The lowest BCUT2D eigenvalue weighted by atomic mass is 10.0. The quantitative estimate of drug-likeness (QED) is 0.231. The number of thiazole rings is 1. The van der Waals surface area contributed by atoms with Crippen molar-refractivity contribution in [1.82, 2.24) is 19.6 Å². The van der Waals surface area contributed by atoms with Crippen molar-refractivity contribution in [3.8, 4) is 0 Å². The zero-order valence-electron chi connectivity index (χ0n) is 21.6. The Hall–Kier alpha value is -3.52. The number of carbonyl (C=O) groups excluding carboxylic acids is 1. The molecule has 11 nitrogen and oxygen atoms in total. The predicted molar refractivity (Wildman–Crippen MR) is 147 cm³/mol. The second-order valence-electron chi connectivity index (χ2n) is 9.45. The van der Waals surface area contributed by atoms with Crippen LogP contribution in [0, 0.1) is 5.92 Å². The number of oxazole rings is 1. The molecular formula is C26H31N5O6S2. The van der Waals surface area contributed by atoms with Crippen molar-refractivity contribution >= 4 is 44.6 Å². The van der Waals surface area contributed by atoms with Gasteiger partial charge in [-0.3, -0.25) is 4.98 Å². The molecule has 0 bridgehead atoms. The van der Waals surface area contributed by atoms with Crippen LogP contribution in [0.15, 0.2) is 69.6 Å². The maximum Gasteiger partial charge on any atom is 0.407 e. The number of fused-ring (bicyclic) bond motifs is 1. The summed E-state index contributed by atoms with van der Waals surface area (Å²) in [5.41, 5.74) is 8.78. The molecule has 13 heteroatoms. The van der Waals surface area contributed by atoms with Gasteiger partial charge in [0.2, 0.25) is 10.0 Å². The zero-order valence-corrected chi connectivity index (χ0v) is 23.2. The average molecular weight is 574 g/mol. The van der Waals surface area contributed by atoms with E-state index >= 15 is 0 Å². The lowest BCUT2D eigenvalue weighted by Crippen LogP contribution is -2.51. The molecular weight excluding hydrogens is 542 g/mol. The molecule has 0 aliphatic heterocycles. The molecule has 0 radical (unpaired) electrons. The van der Waals surface area contributed by atoms with Gasteiger partial charge in [-0.05, 0) is 30.0 Å². The first-order valence-corrected chi connectivity index (χ1v) is 14.6. The number of nitrogens with zero attached hydrogens (tertiary/aromatic N) is 3. The van der Waals surface area contributed by atoms with Crippen molar-refractivity contribution < 1.29 is 27.5 Å². The second-order valence-corrected chi connectivity index (χ2v) is 12.4. The number of aliphatic hydroxyl groups is 1. The number of amides is 1. The van der Waals surface area contributed by atoms with Crippen LogP contribution in [-0.4, -0.2) is 59.1 Å². The Kier molecular flexibility index (Phi) is 9.17. The number of sulfonamides is 1. The Morgan fingerprint density at radius 3 is 2.67 bits per heavy atom. The number of aromatic nitrogens is 2. The summed E-state index contributed by atoms with van der Waals surface area (Å²) in [6.45, 7) is 3.68. The van der Waals surface area contributed by atoms with Crippen LogP contribution in [0.5, 0.6) is 0 Å². The SMILES string of the molecule is CC(C)CN(C[C@@H](O)[C@H](Cc1ccccc1)NC(=O)OCc1cncs1)S(=O)(=O)c1ccc2nc(N)oc2c1. The molecule has 0 fully saturated rings. The van der Waals surface area contributed by atoms with Gasteiger partial charge in [0.1, 0.15) is 12.1 Å². The van der Waals surface area contributed by atoms with Crippen LogP contribution in [0.1, 0.15) is 24.3 Å². The van der Waals surface area contributed by atoms with Crippen molar-refractivity contribution in [1.29, 1.82) is 0 Å². The lowest BCUT2D eigenvalue weighted by molar-refractivity contribution is 0.0876. The molecule has 39 heavy (non-hydrogen) atoms. The Bertz CT molecular complexity index is 1480. The second kappa shape index (κ2) is 12.6. The van der Waals surface area contributed by atoms with E-state index in [9.17, 15) is 18.3 Å². The molecule has 0 saturated carbocycles. The van der Waals surface area contributed by atoms with E-state index in [-0.39, 0.29) is 48.5 Å². The number of ether oxygens (including phenoxy) is 1. The minimum absolute atomic E-state index is 0.0180. The van der Waals surface area contributed by atoms with E-state index in [1.54, 1.807) is 11.7 Å². The van der Waals surface area contributed by atoms with Gasteiger partial charge in [-0.15, -0.1) is 11.3 Å². The first-order chi connectivity index (χ1) is 18.6. The van der Waals surface area contributed by atoms with Crippen molar-refractivity contribution in [2.75, 3.05) is 18.8 Å². The third-order valence-electron chi connectivity index (χ3n) is 5.87. The molecule has 2 heterocycles. The number of benzene rings is 2. The predicted octanol–water partition coefficient (Wildman–Crippen LogP) is 3.41. The Morgan fingerprint density at radius 2 is 1.97 bits per heavy atom. The molecule has 0 unspecified atom stereocenters. The van der Waals surface area contributed by atoms with Crippen LogP contribution in [0.3, 0.4) is 0 Å². The maximum absolute atomic E-state index is 13.7. The number of hydrogen-bond donors (Lipinski definition) is 3. The molecule has 2 atom stereocenters. The van der Waals surface area contributed by atoms with E-state index in [2.05, 4.69) is 15.3 Å². The molecule has 2 aromatic carbocycles. The van der Waals surface area contributed by atoms with Gasteiger partial charge in [0.15, 0.2) is 5.58 Å². The van der Waals surface area contributed by atoms with Crippen LogP contribution in [0.25, 0.3) is 11.1 Å². The van der Waals surface area contributed by atoms with Gasteiger partial charge in [-0.1, -0.05) is 44.2 Å². The summed E-state index contributed by atoms with van der Waals surface area (Å²) in [7, 11) is -4.05. The fraction of sp³-hybridized carbons (Fsp3) is 0.346. The number of hydrogen-bond acceptors (Lipinski definition) is 10. The number of nitrogens with one attached hydrogen (secondary N) is 1. The summed E-state index contributed by atoms with van der Waals surface area (Å²) >= 11 is 1.35. The van der Waals surface area contributed by atoms with Gasteiger partial charge >= 0.3 is 6.09 Å². The summed E-state index contributed by atoms with van der Waals surface area (Å²) < 4.78 is 39.2. The van der Waals surface area contributed by atoms with E-state index in [4.69, 9.17) is 14.9 Å². The topological polar surface area (TPSA) is 161 Å². The molecule has 0 spiro atoms. The highest BCUT2D eigenvalue weighted by molar-refractivity contribution is 7.89. The van der Waals surface area contributed by atoms with Crippen LogP contribution in [0.2, 0.25) is 0 Å².